The summed E-state index contributed by atoms with van der Waals surface area (Å²) in [5, 5.41) is 0. The average molecular weight is 331 g/mol. The van der Waals surface area contributed by atoms with Crippen LogP contribution in [-0.4, -0.2) is 49.8 Å². The van der Waals surface area contributed by atoms with E-state index in [2.05, 4.69) is 18.7 Å². The molecule has 1 unspecified atom stereocenters. The lowest BCUT2D eigenvalue weighted by Crippen LogP contribution is -2.51. The zero-order valence-corrected chi connectivity index (χ0v) is 14.2. The van der Waals surface area contributed by atoms with Crippen molar-refractivity contribution in [2.24, 2.45) is 0 Å². The fourth-order valence-electron chi connectivity index (χ4n) is 2.65. The summed E-state index contributed by atoms with van der Waals surface area (Å²) in [5.41, 5.74) is 0.670. The van der Waals surface area contributed by atoms with E-state index < -0.39 is 10.0 Å². The number of hydrogen-bond donors (Lipinski definition) is 0. The van der Waals surface area contributed by atoms with Gasteiger partial charge in [0.25, 0.3) is 0 Å². The maximum Gasteiger partial charge on any atom is 0.243 e. The minimum absolute atomic E-state index is 0.211. The molecule has 1 saturated heterocycles. The molecule has 1 fully saturated rings. The van der Waals surface area contributed by atoms with E-state index >= 15 is 0 Å². The molecule has 0 bridgehead atoms. The third kappa shape index (κ3) is 3.59. The summed E-state index contributed by atoms with van der Waals surface area (Å²) in [7, 11) is -3.44. The molecule has 1 aliphatic rings. The molecule has 0 radical (unpaired) electrons. The summed E-state index contributed by atoms with van der Waals surface area (Å²) in [6, 6.07) is 7.49. The molecule has 0 aromatic heterocycles. The molecule has 1 aliphatic heterocycles. The molecule has 4 nitrogen and oxygen atoms in total. The van der Waals surface area contributed by atoms with Crippen LogP contribution in [0.15, 0.2) is 29.2 Å². The summed E-state index contributed by atoms with van der Waals surface area (Å²) < 4.78 is 27.1. The fourth-order valence-corrected chi connectivity index (χ4v) is 4.60. The second-order valence-corrected chi connectivity index (χ2v) is 7.61. The number of sulfonamides is 1. The number of piperazine rings is 1. The maximum absolute atomic E-state index is 12.8. The van der Waals surface area contributed by atoms with Crippen LogP contribution in [0.25, 0.3) is 0 Å². The summed E-state index contributed by atoms with van der Waals surface area (Å²) >= 11 is 5.87. The van der Waals surface area contributed by atoms with E-state index in [1.807, 2.05) is 6.07 Å². The van der Waals surface area contributed by atoms with E-state index in [1.165, 1.54) is 0 Å². The first-order valence-electron chi connectivity index (χ1n) is 7.38. The van der Waals surface area contributed by atoms with Crippen molar-refractivity contribution in [3.63, 3.8) is 0 Å². The molecule has 21 heavy (non-hydrogen) atoms. The monoisotopic (exact) mass is 330 g/mol. The zero-order valence-electron chi connectivity index (χ0n) is 12.6. The van der Waals surface area contributed by atoms with Gasteiger partial charge in [-0.15, -0.1) is 11.6 Å². The Morgan fingerprint density at radius 3 is 2.38 bits per heavy atom. The standard InChI is InChI=1S/C15H23ClN2O2S/c1-3-13(2)17-8-10-18(11-9-17)21(19,20)15-7-5-4-6-14(15)12-16/h4-7,13H,3,8-12H2,1-2H3. The molecule has 0 aliphatic carbocycles. The molecule has 0 saturated carbocycles. The van der Waals surface area contributed by atoms with Gasteiger partial charge in [-0.3, -0.25) is 4.90 Å². The number of benzene rings is 1. The summed E-state index contributed by atoms with van der Waals surface area (Å²) in [5.74, 6) is 0.211. The van der Waals surface area contributed by atoms with Crippen LogP contribution in [0.2, 0.25) is 0 Å². The van der Waals surface area contributed by atoms with Crippen LogP contribution in [0.3, 0.4) is 0 Å². The molecule has 1 aromatic carbocycles. The molecular weight excluding hydrogens is 308 g/mol. The van der Waals surface area contributed by atoms with Crippen molar-refractivity contribution in [1.29, 1.82) is 0 Å². The first-order chi connectivity index (χ1) is 10.0. The Morgan fingerprint density at radius 2 is 1.81 bits per heavy atom. The number of alkyl halides is 1. The smallest absolute Gasteiger partial charge is 0.243 e. The second kappa shape index (κ2) is 7.09. The van der Waals surface area contributed by atoms with Gasteiger partial charge in [0, 0.05) is 38.1 Å². The van der Waals surface area contributed by atoms with Crippen molar-refractivity contribution in [3.8, 4) is 0 Å². The van der Waals surface area contributed by atoms with Gasteiger partial charge in [0.1, 0.15) is 0 Å². The maximum atomic E-state index is 12.8. The van der Waals surface area contributed by atoms with Gasteiger partial charge in [0.15, 0.2) is 0 Å². The first kappa shape index (κ1) is 16.7. The van der Waals surface area contributed by atoms with E-state index in [0.717, 1.165) is 19.5 Å². The number of halogens is 1. The van der Waals surface area contributed by atoms with Crippen LogP contribution in [0.1, 0.15) is 25.8 Å². The van der Waals surface area contributed by atoms with Crippen LogP contribution < -0.4 is 0 Å². The molecule has 1 heterocycles. The van der Waals surface area contributed by atoms with E-state index in [-0.39, 0.29) is 5.88 Å². The van der Waals surface area contributed by atoms with Gasteiger partial charge in [-0.2, -0.15) is 4.31 Å². The lowest BCUT2D eigenvalue weighted by molar-refractivity contribution is 0.142. The fraction of sp³-hybridized carbons (Fsp3) is 0.600. The zero-order chi connectivity index (χ0) is 15.5. The Kier molecular flexibility index (Phi) is 5.66. The Morgan fingerprint density at radius 1 is 1.19 bits per heavy atom. The van der Waals surface area contributed by atoms with Crippen LogP contribution in [-0.2, 0) is 15.9 Å². The molecule has 118 valence electrons. The van der Waals surface area contributed by atoms with Crippen LogP contribution >= 0.6 is 11.6 Å². The van der Waals surface area contributed by atoms with Crippen molar-refractivity contribution in [3.05, 3.63) is 29.8 Å². The largest absolute Gasteiger partial charge is 0.298 e. The molecular formula is C15H23ClN2O2S. The second-order valence-electron chi connectivity index (χ2n) is 5.44. The van der Waals surface area contributed by atoms with Crippen molar-refractivity contribution in [1.82, 2.24) is 9.21 Å². The normalized spacial score (nSPS) is 19.6. The van der Waals surface area contributed by atoms with Gasteiger partial charge in [-0.05, 0) is 25.0 Å². The number of hydrogen-bond acceptors (Lipinski definition) is 3. The van der Waals surface area contributed by atoms with Crippen LogP contribution in [0, 0.1) is 0 Å². The Balaban J connectivity index is 2.15. The lowest BCUT2D eigenvalue weighted by Gasteiger charge is -2.37. The van der Waals surface area contributed by atoms with Crippen molar-refractivity contribution < 1.29 is 8.42 Å². The lowest BCUT2D eigenvalue weighted by atomic mass is 10.2. The van der Waals surface area contributed by atoms with Crippen LogP contribution in [0.4, 0.5) is 0 Å². The first-order valence-corrected chi connectivity index (χ1v) is 9.36. The van der Waals surface area contributed by atoms with E-state index in [1.54, 1.807) is 22.5 Å². The van der Waals surface area contributed by atoms with Gasteiger partial charge in [0.2, 0.25) is 10.0 Å². The van der Waals surface area contributed by atoms with Crippen molar-refractivity contribution in [2.75, 3.05) is 26.2 Å². The number of rotatable bonds is 5. The van der Waals surface area contributed by atoms with Gasteiger partial charge in [-0.1, -0.05) is 25.1 Å². The third-order valence-corrected chi connectivity index (χ3v) is 6.51. The van der Waals surface area contributed by atoms with Crippen LogP contribution in [0.5, 0.6) is 0 Å². The highest BCUT2D eigenvalue weighted by Crippen LogP contribution is 2.23. The Labute approximate surface area is 132 Å². The summed E-state index contributed by atoms with van der Waals surface area (Å²) in [4.78, 5) is 2.69. The van der Waals surface area contributed by atoms with Gasteiger partial charge < -0.3 is 0 Å². The minimum Gasteiger partial charge on any atom is -0.298 e. The predicted molar refractivity (Wildman–Crippen MR) is 86.1 cm³/mol. The molecule has 0 spiro atoms. The summed E-state index contributed by atoms with van der Waals surface area (Å²) in [6.07, 6.45) is 1.09. The molecule has 0 amide bonds. The molecule has 6 heteroatoms. The predicted octanol–water partition coefficient (Wildman–Crippen LogP) is 2.53. The van der Waals surface area contributed by atoms with Crippen molar-refractivity contribution in [2.45, 2.75) is 37.1 Å². The molecule has 2 rings (SSSR count). The van der Waals surface area contributed by atoms with Gasteiger partial charge in [-0.25, -0.2) is 8.42 Å². The Hall–Kier alpha value is -0.620. The highest BCUT2D eigenvalue weighted by molar-refractivity contribution is 7.89. The van der Waals surface area contributed by atoms with Gasteiger partial charge >= 0.3 is 0 Å². The van der Waals surface area contributed by atoms with Gasteiger partial charge in [0.05, 0.1) is 4.90 Å². The minimum atomic E-state index is -3.44. The Bertz CT molecular complexity index is 569. The molecule has 0 N–H and O–H groups in total. The molecule has 1 aromatic rings. The van der Waals surface area contributed by atoms with E-state index in [4.69, 9.17) is 11.6 Å². The quantitative estimate of drug-likeness (QED) is 0.779. The SMILES string of the molecule is CCC(C)N1CCN(S(=O)(=O)c2ccccc2CCl)CC1. The van der Waals surface area contributed by atoms with E-state index in [0.29, 0.717) is 29.6 Å². The van der Waals surface area contributed by atoms with Crippen molar-refractivity contribution >= 4 is 21.6 Å². The summed E-state index contributed by atoms with van der Waals surface area (Å²) in [6.45, 7) is 7.01. The van der Waals surface area contributed by atoms with E-state index in [9.17, 15) is 8.42 Å². The number of nitrogens with zero attached hydrogens (tertiary/aromatic N) is 2. The highest BCUT2D eigenvalue weighted by atomic mass is 35.5. The third-order valence-electron chi connectivity index (χ3n) is 4.22. The highest BCUT2D eigenvalue weighted by Gasteiger charge is 2.30. The average Bonchev–Trinajstić information content (AvgIpc) is 2.54. The topological polar surface area (TPSA) is 40.6 Å². The molecule has 1 atom stereocenters.